The number of esters is 1. The normalized spacial score (nSPS) is 19.2. The minimum absolute atomic E-state index is 0.160. The third-order valence-electron chi connectivity index (χ3n) is 5.82. The zero-order valence-electron chi connectivity index (χ0n) is 16.7. The monoisotopic (exact) mass is 378 g/mol. The Kier molecular flexibility index (Phi) is 7.05. The van der Waals surface area contributed by atoms with Gasteiger partial charge in [0.1, 0.15) is 6.61 Å². The van der Waals surface area contributed by atoms with E-state index in [9.17, 15) is 4.79 Å². The average molecular weight is 379 g/mol. The summed E-state index contributed by atoms with van der Waals surface area (Å²) in [5.74, 6) is 0.951. The molecule has 2 aromatic carbocycles. The van der Waals surface area contributed by atoms with Crippen LogP contribution in [0.1, 0.15) is 55.2 Å². The molecule has 3 nitrogen and oxygen atoms in total. The standard InChI is InChI=1S/C25H30O3/c1-3-25(27)28-17-23-16-22(20-10-6-19(7-11-20)14-15-26)12-13-24(23)21-8-4-18(2)5-9-21/h3,6-7,10-13,16,18,21,26H,1,4-5,8-9,14-15,17H2,2H3. The van der Waals surface area contributed by atoms with Crippen molar-refractivity contribution in [3.8, 4) is 11.1 Å². The van der Waals surface area contributed by atoms with E-state index in [2.05, 4.69) is 56.0 Å². The molecule has 1 fully saturated rings. The zero-order valence-corrected chi connectivity index (χ0v) is 16.7. The number of aliphatic hydroxyl groups is 1. The fraction of sp³-hybridized carbons (Fsp3) is 0.400. The molecule has 3 rings (SSSR count). The topological polar surface area (TPSA) is 46.5 Å². The third kappa shape index (κ3) is 5.11. The van der Waals surface area contributed by atoms with Crippen molar-refractivity contribution < 1.29 is 14.6 Å². The van der Waals surface area contributed by atoms with Crippen molar-refractivity contribution in [1.82, 2.24) is 0 Å². The summed E-state index contributed by atoms with van der Waals surface area (Å²) in [5.41, 5.74) is 5.77. The van der Waals surface area contributed by atoms with Crippen LogP contribution in [-0.2, 0) is 22.6 Å². The van der Waals surface area contributed by atoms with Crippen molar-refractivity contribution in [2.45, 2.75) is 51.6 Å². The first kappa shape index (κ1) is 20.3. The SMILES string of the molecule is C=CC(=O)OCc1cc(-c2ccc(CCO)cc2)ccc1C1CCC(C)CC1. The van der Waals surface area contributed by atoms with Gasteiger partial charge in [0, 0.05) is 12.7 Å². The number of carbonyl (C=O) groups excluding carboxylic acids is 1. The molecule has 0 aliphatic heterocycles. The predicted octanol–water partition coefficient (Wildman–Crippen LogP) is 5.41. The first-order valence-corrected chi connectivity index (χ1v) is 10.2. The molecular formula is C25H30O3. The lowest BCUT2D eigenvalue weighted by Gasteiger charge is -2.28. The summed E-state index contributed by atoms with van der Waals surface area (Å²) in [6.07, 6.45) is 6.78. The van der Waals surface area contributed by atoms with Crippen LogP contribution < -0.4 is 0 Å². The summed E-state index contributed by atoms with van der Waals surface area (Å²) in [6.45, 7) is 6.26. The second-order valence-electron chi connectivity index (χ2n) is 7.85. The molecule has 0 atom stereocenters. The lowest BCUT2D eigenvalue weighted by molar-refractivity contribution is -0.139. The van der Waals surface area contributed by atoms with E-state index >= 15 is 0 Å². The van der Waals surface area contributed by atoms with Crippen molar-refractivity contribution in [3.63, 3.8) is 0 Å². The van der Waals surface area contributed by atoms with Crippen LogP contribution in [0, 0.1) is 5.92 Å². The molecular weight excluding hydrogens is 348 g/mol. The smallest absolute Gasteiger partial charge is 0.330 e. The van der Waals surface area contributed by atoms with E-state index in [1.807, 2.05) is 0 Å². The largest absolute Gasteiger partial charge is 0.458 e. The second-order valence-corrected chi connectivity index (χ2v) is 7.85. The van der Waals surface area contributed by atoms with Gasteiger partial charge in [-0.2, -0.15) is 0 Å². The highest BCUT2D eigenvalue weighted by atomic mass is 16.5. The molecule has 2 aromatic rings. The van der Waals surface area contributed by atoms with Gasteiger partial charge in [0.05, 0.1) is 0 Å². The maximum atomic E-state index is 11.6. The first-order valence-electron chi connectivity index (χ1n) is 10.2. The highest BCUT2D eigenvalue weighted by Crippen LogP contribution is 2.38. The molecule has 0 unspecified atom stereocenters. The van der Waals surface area contributed by atoms with Crippen molar-refractivity contribution in [1.29, 1.82) is 0 Å². The van der Waals surface area contributed by atoms with Gasteiger partial charge in [-0.05, 0) is 65.0 Å². The van der Waals surface area contributed by atoms with Crippen LogP contribution in [-0.4, -0.2) is 17.7 Å². The predicted molar refractivity (Wildman–Crippen MR) is 113 cm³/mol. The Morgan fingerprint density at radius 3 is 2.43 bits per heavy atom. The van der Waals surface area contributed by atoms with E-state index < -0.39 is 0 Å². The Labute approximate surface area is 168 Å². The summed E-state index contributed by atoms with van der Waals surface area (Å²) in [6, 6.07) is 14.8. The van der Waals surface area contributed by atoms with Crippen LogP contribution in [0.4, 0.5) is 0 Å². The van der Waals surface area contributed by atoms with E-state index in [0.29, 0.717) is 12.3 Å². The molecule has 1 aliphatic rings. The highest BCUT2D eigenvalue weighted by molar-refractivity contribution is 5.81. The van der Waals surface area contributed by atoms with Gasteiger partial charge in [-0.3, -0.25) is 0 Å². The fourth-order valence-electron chi connectivity index (χ4n) is 4.08. The van der Waals surface area contributed by atoms with Gasteiger partial charge in [0.2, 0.25) is 0 Å². The van der Waals surface area contributed by atoms with Gasteiger partial charge in [-0.15, -0.1) is 0 Å². The molecule has 0 spiro atoms. The van der Waals surface area contributed by atoms with Gasteiger partial charge in [0.15, 0.2) is 0 Å². The molecule has 0 bridgehead atoms. The number of carbonyl (C=O) groups is 1. The van der Waals surface area contributed by atoms with E-state index in [0.717, 1.165) is 28.2 Å². The lowest BCUT2D eigenvalue weighted by atomic mass is 9.78. The molecule has 0 amide bonds. The average Bonchev–Trinajstić information content (AvgIpc) is 2.73. The van der Waals surface area contributed by atoms with E-state index in [-0.39, 0.29) is 19.2 Å². The van der Waals surface area contributed by atoms with E-state index in [1.165, 1.54) is 37.3 Å². The molecule has 28 heavy (non-hydrogen) atoms. The second kappa shape index (κ2) is 9.70. The lowest BCUT2D eigenvalue weighted by Crippen LogP contribution is -2.13. The molecule has 1 saturated carbocycles. The Hall–Kier alpha value is -2.39. The molecule has 0 saturated heterocycles. The van der Waals surface area contributed by atoms with Gasteiger partial charge >= 0.3 is 5.97 Å². The maximum absolute atomic E-state index is 11.6. The van der Waals surface area contributed by atoms with Gasteiger partial charge in [0.25, 0.3) is 0 Å². The number of aliphatic hydroxyl groups excluding tert-OH is 1. The first-order chi connectivity index (χ1) is 13.6. The Morgan fingerprint density at radius 1 is 1.11 bits per heavy atom. The number of ether oxygens (including phenoxy) is 1. The molecule has 148 valence electrons. The fourth-order valence-corrected chi connectivity index (χ4v) is 4.08. The third-order valence-corrected chi connectivity index (χ3v) is 5.82. The van der Waals surface area contributed by atoms with Crippen LogP contribution >= 0.6 is 0 Å². The zero-order chi connectivity index (χ0) is 19.9. The Balaban J connectivity index is 1.87. The van der Waals surface area contributed by atoms with Crippen molar-refractivity contribution in [2.24, 2.45) is 5.92 Å². The highest BCUT2D eigenvalue weighted by Gasteiger charge is 2.22. The summed E-state index contributed by atoms with van der Waals surface area (Å²) < 4.78 is 5.39. The van der Waals surface area contributed by atoms with Gasteiger partial charge in [-0.1, -0.05) is 62.7 Å². The summed E-state index contributed by atoms with van der Waals surface area (Å²) in [5, 5.41) is 9.09. The number of rotatable bonds is 7. The van der Waals surface area contributed by atoms with Crippen LogP contribution in [0.5, 0.6) is 0 Å². The minimum atomic E-state index is -0.387. The molecule has 0 heterocycles. The Morgan fingerprint density at radius 2 is 1.79 bits per heavy atom. The molecule has 3 heteroatoms. The molecule has 1 N–H and O–H groups in total. The minimum Gasteiger partial charge on any atom is -0.458 e. The van der Waals surface area contributed by atoms with Crippen LogP contribution in [0.3, 0.4) is 0 Å². The van der Waals surface area contributed by atoms with E-state index in [1.54, 1.807) is 0 Å². The summed E-state index contributed by atoms with van der Waals surface area (Å²) in [7, 11) is 0. The van der Waals surface area contributed by atoms with E-state index in [4.69, 9.17) is 9.84 Å². The quantitative estimate of drug-likeness (QED) is 0.517. The van der Waals surface area contributed by atoms with Crippen LogP contribution in [0.15, 0.2) is 55.1 Å². The van der Waals surface area contributed by atoms with Crippen LogP contribution in [0.2, 0.25) is 0 Å². The Bertz CT molecular complexity index is 799. The number of benzene rings is 2. The maximum Gasteiger partial charge on any atom is 0.330 e. The van der Waals surface area contributed by atoms with Crippen LogP contribution in [0.25, 0.3) is 11.1 Å². The van der Waals surface area contributed by atoms with Gasteiger partial charge in [-0.25, -0.2) is 4.79 Å². The number of hydrogen-bond acceptors (Lipinski definition) is 3. The van der Waals surface area contributed by atoms with Crippen molar-refractivity contribution in [3.05, 3.63) is 71.8 Å². The van der Waals surface area contributed by atoms with Gasteiger partial charge < -0.3 is 9.84 Å². The summed E-state index contributed by atoms with van der Waals surface area (Å²) >= 11 is 0. The molecule has 0 radical (unpaired) electrons. The molecule has 1 aliphatic carbocycles. The van der Waals surface area contributed by atoms with Crippen molar-refractivity contribution >= 4 is 5.97 Å². The number of hydrogen-bond donors (Lipinski definition) is 1. The molecule has 0 aromatic heterocycles. The van der Waals surface area contributed by atoms with Crippen molar-refractivity contribution in [2.75, 3.05) is 6.61 Å². The summed E-state index contributed by atoms with van der Waals surface area (Å²) in [4.78, 5) is 11.6.